The SMILES string of the molecule is CC(C)(C)Cc1cc(N)n(Cc2ccc(F)cc2)n1. The van der Waals surface area contributed by atoms with Crippen molar-refractivity contribution in [3.05, 3.63) is 47.4 Å². The van der Waals surface area contributed by atoms with E-state index in [2.05, 4.69) is 25.9 Å². The Hall–Kier alpha value is -1.84. The Morgan fingerprint density at radius 1 is 1.21 bits per heavy atom. The molecule has 1 heterocycles. The molecular formula is C15H20FN3. The lowest BCUT2D eigenvalue weighted by Gasteiger charge is -2.15. The molecule has 0 fully saturated rings. The van der Waals surface area contributed by atoms with Gasteiger partial charge in [-0.3, -0.25) is 0 Å². The van der Waals surface area contributed by atoms with Gasteiger partial charge in [0, 0.05) is 6.07 Å². The molecular weight excluding hydrogens is 241 g/mol. The van der Waals surface area contributed by atoms with E-state index in [1.165, 1.54) is 12.1 Å². The molecule has 2 N–H and O–H groups in total. The highest BCUT2D eigenvalue weighted by molar-refractivity contribution is 5.32. The lowest BCUT2D eigenvalue weighted by molar-refractivity contribution is 0.404. The maximum atomic E-state index is 12.8. The molecule has 102 valence electrons. The van der Waals surface area contributed by atoms with E-state index >= 15 is 0 Å². The molecule has 0 unspecified atom stereocenters. The average Bonchev–Trinajstić information content (AvgIpc) is 2.60. The van der Waals surface area contributed by atoms with Crippen molar-refractivity contribution in [2.24, 2.45) is 5.41 Å². The Balaban J connectivity index is 2.15. The molecule has 19 heavy (non-hydrogen) atoms. The first-order valence-electron chi connectivity index (χ1n) is 6.40. The second-order valence-corrected chi connectivity index (χ2v) is 6.08. The Morgan fingerprint density at radius 3 is 2.42 bits per heavy atom. The topological polar surface area (TPSA) is 43.8 Å². The number of anilines is 1. The van der Waals surface area contributed by atoms with Gasteiger partial charge in [-0.2, -0.15) is 5.10 Å². The van der Waals surface area contributed by atoms with Gasteiger partial charge in [-0.1, -0.05) is 32.9 Å². The number of hydrogen-bond acceptors (Lipinski definition) is 2. The maximum Gasteiger partial charge on any atom is 0.123 e. The van der Waals surface area contributed by atoms with E-state index in [4.69, 9.17) is 5.73 Å². The zero-order chi connectivity index (χ0) is 14.0. The smallest absolute Gasteiger partial charge is 0.123 e. The average molecular weight is 261 g/mol. The molecule has 0 atom stereocenters. The van der Waals surface area contributed by atoms with E-state index < -0.39 is 0 Å². The van der Waals surface area contributed by atoms with Gasteiger partial charge in [0.1, 0.15) is 11.6 Å². The van der Waals surface area contributed by atoms with Gasteiger partial charge in [-0.15, -0.1) is 0 Å². The highest BCUT2D eigenvalue weighted by Crippen LogP contribution is 2.21. The van der Waals surface area contributed by atoms with Crippen LogP contribution in [0.2, 0.25) is 0 Å². The van der Waals surface area contributed by atoms with Crippen LogP contribution in [0.3, 0.4) is 0 Å². The van der Waals surface area contributed by atoms with Crippen LogP contribution in [-0.4, -0.2) is 9.78 Å². The molecule has 1 aromatic heterocycles. The van der Waals surface area contributed by atoms with E-state index in [1.807, 2.05) is 6.07 Å². The summed E-state index contributed by atoms with van der Waals surface area (Å²) in [5.74, 6) is 0.411. The van der Waals surface area contributed by atoms with E-state index in [1.54, 1.807) is 16.8 Å². The van der Waals surface area contributed by atoms with Gasteiger partial charge < -0.3 is 5.73 Å². The van der Waals surface area contributed by atoms with Gasteiger partial charge in [-0.25, -0.2) is 9.07 Å². The molecule has 2 rings (SSSR count). The summed E-state index contributed by atoms with van der Waals surface area (Å²) in [7, 11) is 0. The molecule has 0 aliphatic heterocycles. The third-order valence-electron chi connectivity index (χ3n) is 2.82. The van der Waals surface area contributed by atoms with Crippen molar-refractivity contribution in [1.29, 1.82) is 0 Å². The summed E-state index contributed by atoms with van der Waals surface area (Å²) in [6.45, 7) is 7.07. The lowest BCUT2D eigenvalue weighted by atomic mass is 9.91. The van der Waals surface area contributed by atoms with Gasteiger partial charge >= 0.3 is 0 Å². The minimum atomic E-state index is -0.231. The predicted molar refractivity (Wildman–Crippen MR) is 75.3 cm³/mol. The molecule has 0 spiro atoms. The predicted octanol–water partition coefficient (Wildman–Crippen LogP) is 3.24. The van der Waals surface area contributed by atoms with Crippen LogP contribution in [0.1, 0.15) is 32.0 Å². The Morgan fingerprint density at radius 2 is 1.84 bits per heavy atom. The number of hydrogen-bond donors (Lipinski definition) is 1. The van der Waals surface area contributed by atoms with E-state index in [-0.39, 0.29) is 11.2 Å². The monoisotopic (exact) mass is 261 g/mol. The molecule has 1 aromatic carbocycles. The van der Waals surface area contributed by atoms with Crippen molar-refractivity contribution in [1.82, 2.24) is 9.78 Å². The molecule has 4 heteroatoms. The first kappa shape index (κ1) is 13.6. The summed E-state index contributed by atoms with van der Waals surface area (Å²) < 4.78 is 14.6. The van der Waals surface area contributed by atoms with Crippen LogP contribution in [-0.2, 0) is 13.0 Å². The molecule has 0 saturated heterocycles. The molecule has 0 aliphatic rings. The zero-order valence-corrected chi connectivity index (χ0v) is 11.7. The van der Waals surface area contributed by atoms with Crippen molar-refractivity contribution >= 4 is 5.82 Å². The Labute approximate surface area is 113 Å². The molecule has 0 saturated carbocycles. The number of nitrogens with zero attached hydrogens (tertiary/aromatic N) is 2. The van der Waals surface area contributed by atoms with Crippen molar-refractivity contribution < 1.29 is 4.39 Å². The molecule has 0 amide bonds. The highest BCUT2D eigenvalue weighted by atomic mass is 19.1. The Kier molecular flexibility index (Phi) is 3.60. The number of nitrogen functional groups attached to an aromatic ring is 1. The summed E-state index contributed by atoms with van der Waals surface area (Å²) >= 11 is 0. The summed E-state index contributed by atoms with van der Waals surface area (Å²) in [5.41, 5.74) is 8.12. The van der Waals surface area contributed by atoms with Crippen molar-refractivity contribution in [3.8, 4) is 0 Å². The minimum absolute atomic E-state index is 0.182. The van der Waals surface area contributed by atoms with Gasteiger partial charge in [-0.05, 0) is 29.5 Å². The maximum absolute atomic E-state index is 12.8. The minimum Gasteiger partial charge on any atom is -0.384 e. The fourth-order valence-electron chi connectivity index (χ4n) is 2.01. The lowest BCUT2D eigenvalue weighted by Crippen LogP contribution is -2.10. The van der Waals surface area contributed by atoms with E-state index in [9.17, 15) is 4.39 Å². The Bertz CT molecular complexity index is 550. The molecule has 3 nitrogen and oxygen atoms in total. The molecule has 0 aliphatic carbocycles. The zero-order valence-electron chi connectivity index (χ0n) is 11.7. The van der Waals surface area contributed by atoms with Gasteiger partial charge in [0.05, 0.1) is 12.2 Å². The molecule has 0 bridgehead atoms. The third kappa shape index (κ3) is 3.81. The first-order valence-corrected chi connectivity index (χ1v) is 6.40. The summed E-state index contributed by atoms with van der Waals surface area (Å²) in [6.07, 6.45) is 0.883. The fraction of sp³-hybridized carbons (Fsp3) is 0.400. The van der Waals surface area contributed by atoms with E-state index in [0.717, 1.165) is 17.7 Å². The van der Waals surface area contributed by atoms with Gasteiger partial charge in [0.2, 0.25) is 0 Å². The number of aromatic nitrogens is 2. The van der Waals surface area contributed by atoms with Crippen LogP contribution in [0.25, 0.3) is 0 Å². The number of nitrogens with two attached hydrogens (primary N) is 1. The standard InChI is InChI=1S/C15H20FN3/c1-15(2,3)9-13-8-14(17)19(18-13)10-11-4-6-12(16)7-5-11/h4-8H,9-10,17H2,1-3H3. The number of rotatable bonds is 3. The van der Waals surface area contributed by atoms with Crippen LogP contribution >= 0.6 is 0 Å². The third-order valence-corrected chi connectivity index (χ3v) is 2.82. The highest BCUT2D eigenvalue weighted by Gasteiger charge is 2.15. The normalized spacial score (nSPS) is 11.8. The fourth-order valence-corrected chi connectivity index (χ4v) is 2.01. The second kappa shape index (κ2) is 5.03. The molecule has 0 radical (unpaired) electrons. The largest absolute Gasteiger partial charge is 0.384 e. The van der Waals surface area contributed by atoms with Crippen LogP contribution in [0.5, 0.6) is 0 Å². The van der Waals surface area contributed by atoms with Crippen LogP contribution < -0.4 is 5.73 Å². The first-order chi connectivity index (χ1) is 8.83. The number of benzene rings is 1. The summed E-state index contributed by atoms with van der Waals surface area (Å²) in [5, 5.41) is 4.51. The van der Waals surface area contributed by atoms with Crippen molar-refractivity contribution in [2.75, 3.05) is 5.73 Å². The van der Waals surface area contributed by atoms with Crippen molar-refractivity contribution in [3.63, 3.8) is 0 Å². The second-order valence-electron chi connectivity index (χ2n) is 6.08. The quantitative estimate of drug-likeness (QED) is 0.921. The summed E-state index contributed by atoms with van der Waals surface area (Å²) in [6, 6.07) is 8.31. The van der Waals surface area contributed by atoms with Crippen LogP contribution in [0.15, 0.2) is 30.3 Å². The van der Waals surface area contributed by atoms with Gasteiger partial charge in [0.25, 0.3) is 0 Å². The van der Waals surface area contributed by atoms with Gasteiger partial charge in [0.15, 0.2) is 0 Å². The summed E-state index contributed by atoms with van der Waals surface area (Å²) in [4.78, 5) is 0. The van der Waals surface area contributed by atoms with Crippen LogP contribution in [0, 0.1) is 11.2 Å². The number of halogens is 1. The van der Waals surface area contributed by atoms with E-state index in [0.29, 0.717) is 12.4 Å². The van der Waals surface area contributed by atoms with Crippen molar-refractivity contribution in [2.45, 2.75) is 33.7 Å². The van der Waals surface area contributed by atoms with Crippen LogP contribution in [0.4, 0.5) is 10.2 Å². The molecule has 2 aromatic rings.